The van der Waals surface area contributed by atoms with E-state index in [1.807, 2.05) is 6.92 Å². The molecule has 64 valence electrons. The molecule has 11 heavy (non-hydrogen) atoms. The Morgan fingerprint density at radius 2 is 2.09 bits per heavy atom. The lowest BCUT2D eigenvalue weighted by Crippen LogP contribution is -2.21. The van der Waals surface area contributed by atoms with Crippen LogP contribution in [0.1, 0.15) is 26.7 Å². The molecular formula is C8H16N2O. The first kappa shape index (κ1) is 10.1. The van der Waals surface area contributed by atoms with Crippen LogP contribution < -0.4 is 5.32 Å². The predicted molar refractivity (Wildman–Crippen MR) is 47.0 cm³/mol. The molecule has 3 nitrogen and oxygen atoms in total. The molecule has 0 saturated carbocycles. The fourth-order valence-corrected chi connectivity index (χ4v) is 0.720. The van der Waals surface area contributed by atoms with Crippen molar-refractivity contribution in [3.8, 4) is 0 Å². The third-order valence-electron chi connectivity index (χ3n) is 1.47. The Balaban J connectivity index is 3.21. The highest BCUT2D eigenvalue weighted by atomic mass is 16.1. The largest absolute Gasteiger partial charge is 0.356 e. The van der Waals surface area contributed by atoms with Gasteiger partial charge in [0, 0.05) is 26.2 Å². The average molecular weight is 156 g/mol. The number of aliphatic imine (C=N–C) groups is 1. The second kappa shape index (κ2) is 5.89. The fourth-order valence-electron chi connectivity index (χ4n) is 0.720. The number of carbonyl (C=O) groups excluding carboxylic acids is 1. The summed E-state index contributed by atoms with van der Waals surface area (Å²) in [7, 11) is 1.79. The van der Waals surface area contributed by atoms with Crippen LogP contribution in [-0.2, 0) is 4.79 Å². The van der Waals surface area contributed by atoms with E-state index in [1.165, 1.54) is 6.92 Å². The molecule has 0 rings (SSSR count). The molecule has 0 bridgehead atoms. The van der Waals surface area contributed by atoms with Crippen LogP contribution in [0.4, 0.5) is 0 Å². The van der Waals surface area contributed by atoms with Gasteiger partial charge in [-0.25, -0.2) is 0 Å². The number of nitrogens with one attached hydrogen (secondary N) is 1. The summed E-state index contributed by atoms with van der Waals surface area (Å²) < 4.78 is 0. The molecule has 0 heterocycles. The molecule has 1 N–H and O–H groups in total. The van der Waals surface area contributed by atoms with Gasteiger partial charge in [-0.1, -0.05) is 0 Å². The van der Waals surface area contributed by atoms with Gasteiger partial charge in [0.2, 0.25) is 5.91 Å². The molecule has 0 aromatic carbocycles. The van der Waals surface area contributed by atoms with Gasteiger partial charge >= 0.3 is 0 Å². The van der Waals surface area contributed by atoms with Crippen LogP contribution in [0.5, 0.6) is 0 Å². The quantitative estimate of drug-likeness (QED) is 0.478. The summed E-state index contributed by atoms with van der Waals surface area (Å²) in [5, 5.41) is 2.73. The molecule has 0 unspecified atom stereocenters. The Bertz CT molecular complexity index is 152. The molecule has 0 radical (unpaired) electrons. The van der Waals surface area contributed by atoms with Crippen LogP contribution in [0.3, 0.4) is 0 Å². The average Bonchev–Trinajstić information content (AvgIpc) is 1.97. The first-order valence-electron chi connectivity index (χ1n) is 3.83. The number of hydrogen-bond acceptors (Lipinski definition) is 2. The van der Waals surface area contributed by atoms with Gasteiger partial charge in [0.1, 0.15) is 0 Å². The third kappa shape index (κ3) is 7.03. The molecule has 3 heteroatoms. The zero-order chi connectivity index (χ0) is 8.69. The van der Waals surface area contributed by atoms with E-state index in [-0.39, 0.29) is 5.91 Å². The van der Waals surface area contributed by atoms with Crippen molar-refractivity contribution in [3.05, 3.63) is 0 Å². The highest BCUT2D eigenvalue weighted by molar-refractivity contribution is 5.81. The summed E-state index contributed by atoms with van der Waals surface area (Å²) in [6, 6.07) is 0. The number of amides is 1. The van der Waals surface area contributed by atoms with Crippen molar-refractivity contribution in [1.82, 2.24) is 5.32 Å². The Kier molecular flexibility index (Phi) is 5.43. The molecule has 0 fully saturated rings. The monoisotopic (exact) mass is 156 g/mol. The molecule has 1 amide bonds. The van der Waals surface area contributed by atoms with Crippen molar-refractivity contribution < 1.29 is 4.79 Å². The topological polar surface area (TPSA) is 41.5 Å². The maximum absolute atomic E-state index is 10.4. The SMILES string of the molecule is CN=C(C)CCCNC(C)=O. The van der Waals surface area contributed by atoms with Crippen molar-refractivity contribution in [1.29, 1.82) is 0 Å². The van der Waals surface area contributed by atoms with E-state index in [9.17, 15) is 4.79 Å². The van der Waals surface area contributed by atoms with Gasteiger partial charge in [0.25, 0.3) is 0 Å². The van der Waals surface area contributed by atoms with Gasteiger partial charge in [-0.05, 0) is 19.8 Å². The molecule has 0 aromatic rings. The Hall–Kier alpha value is -0.860. The third-order valence-corrected chi connectivity index (χ3v) is 1.47. The first-order valence-corrected chi connectivity index (χ1v) is 3.83. The van der Waals surface area contributed by atoms with Crippen LogP contribution in [0.2, 0.25) is 0 Å². The zero-order valence-electron chi connectivity index (χ0n) is 7.48. The number of carbonyl (C=O) groups is 1. The van der Waals surface area contributed by atoms with Crippen molar-refractivity contribution in [2.75, 3.05) is 13.6 Å². The van der Waals surface area contributed by atoms with Gasteiger partial charge in [-0.3, -0.25) is 9.79 Å². The number of hydrogen-bond donors (Lipinski definition) is 1. The predicted octanol–water partition coefficient (Wildman–Crippen LogP) is 0.993. The van der Waals surface area contributed by atoms with E-state index in [1.54, 1.807) is 7.05 Å². The van der Waals surface area contributed by atoms with Gasteiger partial charge < -0.3 is 5.32 Å². The van der Waals surface area contributed by atoms with Crippen LogP contribution in [-0.4, -0.2) is 25.2 Å². The lowest BCUT2D eigenvalue weighted by atomic mass is 10.2. The van der Waals surface area contributed by atoms with Gasteiger partial charge in [-0.15, -0.1) is 0 Å². The van der Waals surface area contributed by atoms with E-state index < -0.39 is 0 Å². The number of nitrogens with zero attached hydrogens (tertiary/aromatic N) is 1. The second-order valence-corrected chi connectivity index (χ2v) is 2.55. The molecular weight excluding hydrogens is 140 g/mol. The van der Waals surface area contributed by atoms with Crippen LogP contribution in [0.25, 0.3) is 0 Å². The van der Waals surface area contributed by atoms with E-state index in [4.69, 9.17) is 0 Å². The normalized spacial score (nSPS) is 11.4. The summed E-state index contributed by atoms with van der Waals surface area (Å²) in [5.41, 5.74) is 1.13. The second-order valence-electron chi connectivity index (χ2n) is 2.55. The lowest BCUT2D eigenvalue weighted by molar-refractivity contribution is -0.118. The molecule has 0 spiro atoms. The maximum Gasteiger partial charge on any atom is 0.216 e. The Labute approximate surface area is 67.9 Å². The van der Waals surface area contributed by atoms with Gasteiger partial charge in [-0.2, -0.15) is 0 Å². The van der Waals surface area contributed by atoms with Crippen molar-refractivity contribution in [2.24, 2.45) is 4.99 Å². The summed E-state index contributed by atoms with van der Waals surface area (Å²) in [6.07, 6.45) is 1.94. The minimum Gasteiger partial charge on any atom is -0.356 e. The van der Waals surface area contributed by atoms with Gasteiger partial charge in [0.05, 0.1) is 0 Å². The van der Waals surface area contributed by atoms with E-state index in [0.717, 1.165) is 25.1 Å². The summed E-state index contributed by atoms with van der Waals surface area (Å²) >= 11 is 0. The minimum absolute atomic E-state index is 0.0380. The summed E-state index contributed by atoms with van der Waals surface area (Å²) in [4.78, 5) is 14.4. The highest BCUT2D eigenvalue weighted by Gasteiger charge is 1.92. The zero-order valence-corrected chi connectivity index (χ0v) is 7.48. The smallest absolute Gasteiger partial charge is 0.216 e. The van der Waals surface area contributed by atoms with Crippen molar-refractivity contribution in [3.63, 3.8) is 0 Å². The first-order chi connectivity index (χ1) is 5.16. The standard InChI is InChI=1S/C8H16N2O/c1-7(9-3)5-4-6-10-8(2)11/h4-6H2,1-3H3,(H,10,11). The van der Waals surface area contributed by atoms with Gasteiger partial charge in [0.15, 0.2) is 0 Å². The molecule has 0 saturated heterocycles. The summed E-state index contributed by atoms with van der Waals surface area (Å²) in [6.45, 7) is 4.27. The van der Waals surface area contributed by atoms with E-state index >= 15 is 0 Å². The molecule has 0 aliphatic rings. The van der Waals surface area contributed by atoms with Crippen LogP contribution in [0, 0.1) is 0 Å². The number of rotatable bonds is 4. The van der Waals surface area contributed by atoms with E-state index in [0.29, 0.717) is 0 Å². The van der Waals surface area contributed by atoms with Crippen molar-refractivity contribution >= 4 is 11.6 Å². The van der Waals surface area contributed by atoms with Crippen LogP contribution in [0.15, 0.2) is 4.99 Å². The summed E-state index contributed by atoms with van der Waals surface area (Å²) in [5.74, 6) is 0.0380. The minimum atomic E-state index is 0.0380. The highest BCUT2D eigenvalue weighted by Crippen LogP contribution is 1.90. The molecule has 0 atom stereocenters. The lowest BCUT2D eigenvalue weighted by Gasteiger charge is -2.00. The van der Waals surface area contributed by atoms with Crippen LogP contribution >= 0.6 is 0 Å². The Morgan fingerprint density at radius 1 is 1.45 bits per heavy atom. The fraction of sp³-hybridized carbons (Fsp3) is 0.750. The molecule has 0 aliphatic heterocycles. The maximum atomic E-state index is 10.4. The van der Waals surface area contributed by atoms with E-state index in [2.05, 4.69) is 10.3 Å². The molecule has 0 aromatic heterocycles. The molecule has 0 aliphatic carbocycles. The Morgan fingerprint density at radius 3 is 2.55 bits per heavy atom. The van der Waals surface area contributed by atoms with Crippen molar-refractivity contribution in [2.45, 2.75) is 26.7 Å².